The van der Waals surface area contributed by atoms with E-state index in [4.69, 9.17) is 16.3 Å². The summed E-state index contributed by atoms with van der Waals surface area (Å²) in [6.07, 6.45) is 1.00. The van der Waals surface area contributed by atoms with Gasteiger partial charge in [0, 0.05) is 13.0 Å². The van der Waals surface area contributed by atoms with E-state index in [1.807, 2.05) is 0 Å². The van der Waals surface area contributed by atoms with E-state index >= 15 is 0 Å². The minimum absolute atomic E-state index is 0.419. The highest BCUT2D eigenvalue weighted by atomic mass is 35.5. The summed E-state index contributed by atoms with van der Waals surface area (Å²) in [7, 11) is 1.72. The third kappa shape index (κ3) is 3.32. The van der Waals surface area contributed by atoms with Gasteiger partial charge in [-0.25, -0.2) is 0 Å². The van der Waals surface area contributed by atoms with Crippen molar-refractivity contribution in [1.29, 1.82) is 0 Å². The Bertz CT molecular complexity index is 273. The third-order valence-electron chi connectivity index (χ3n) is 2.39. The number of halogens is 1. The summed E-state index contributed by atoms with van der Waals surface area (Å²) in [5, 5.41) is 0. The van der Waals surface area contributed by atoms with Crippen LogP contribution in [0.2, 0.25) is 0 Å². The van der Waals surface area contributed by atoms with Crippen LogP contribution in [-0.2, 0) is 11.2 Å². The molecule has 0 spiro atoms. The second-order valence-corrected chi connectivity index (χ2v) is 3.91. The lowest BCUT2D eigenvalue weighted by atomic mass is 9.98. The zero-order valence-electron chi connectivity index (χ0n) is 8.79. The lowest BCUT2D eigenvalue weighted by molar-refractivity contribution is 0.161. The number of ether oxygens (including phenoxy) is 1. The Morgan fingerprint density at radius 1 is 1.36 bits per heavy atom. The molecule has 1 unspecified atom stereocenters. The predicted octanol–water partition coefficient (Wildman–Crippen LogP) is 3.04. The average Bonchev–Trinajstić information content (AvgIpc) is 2.20. The van der Waals surface area contributed by atoms with Gasteiger partial charge in [0.25, 0.3) is 0 Å². The molecular formula is C12H17ClO. The van der Waals surface area contributed by atoms with Gasteiger partial charge < -0.3 is 4.74 Å². The van der Waals surface area contributed by atoms with Gasteiger partial charge in [0.05, 0.1) is 6.61 Å². The summed E-state index contributed by atoms with van der Waals surface area (Å²) in [5.74, 6) is 1.07. The second kappa shape index (κ2) is 6.05. The Morgan fingerprint density at radius 2 is 2.07 bits per heavy atom. The number of alkyl halides is 1. The minimum Gasteiger partial charge on any atom is -0.384 e. The molecule has 0 saturated carbocycles. The second-order valence-electron chi connectivity index (χ2n) is 3.61. The highest BCUT2D eigenvalue weighted by Gasteiger charge is 2.09. The van der Waals surface area contributed by atoms with Crippen LogP contribution in [0.15, 0.2) is 24.3 Å². The van der Waals surface area contributed by atoms with Crippen molar-refractivity contribution in [1.82, 2.24) is 0 Å². The smallest absolute Gasteiger partial charge is 0.0505 e. The molecule has 0 aromatic heterocycles. The van der Waals surface area contributed by atoms with Crippen molar-refractivity contribution in [2.24, 2.45) is 5.92 Å². The van der Waals surface area contributed by atoms with Gasteiger partial charge in [-0.15, -0.1) is 11.6 Å². The molecule has 1 atom stereocenters. The summed E-state index contributed by atoms with van der Waals surface area (Å²) < 4.78 is 5.12. The van der Waals surface area contributed by atoms with Crippen LogP contribution in [0.1, 0.15) is 11.1 Å². The van der Waals surface area contributed by atoms with Gasteiger partial charge in [0.1, 0.15) is 0 Å². The van der Waals surface area contributed by atoms with Crippen molar-refractivity contribution in [3.05, 3.63) is 35.4 Å². The molecule has 0 heterocycles. The van der Waals surface area contributed by atoms with Crippen LogP contribution in [0.3, 0.4) is 0 Å². The highest BCUT2D eigenvalue weighted by molar-refractivity contribution is 6.18. The van der Waals surface area contributed by atoms with E-state index in [2.05, 4.69) is 31.2 Å². The van der Waals surface area contributed by atoms with Crippen molar-refractivity contribution in [3.8, 4) is 0 Å². The summed E-state index contributed by atoms with van der Waals surface area (Å²) in [4.78, 5) is 0. The number of aryl methyl sites for hydroxylation is 1. The number of methoxy groups -OCH3 is 1. The maximum Gasteiger partial charge on any atom is 0.0505 e. The van der Waals surface area contributed by atoms with E-state index in [-0.39, 0.29) is 0 Å². The van der Waals surface area contributed by atoms with Crippen molar-refractivity contribution in [3.63, 3.8) is 0 Å². The normalized spacial score (nSPS) is 12.8. The third-order valence-corrected chi connectivity index (χ3v) is 2.83. The molecule has 0 aliphatic rings. The molecule has 0 saturated heterocycles. The fraction of sp³-hybridized carbons (Fsp3) is 0.500. The summed E-state index contributed by atoms with van der Waals surface area (Å²) >= 11 is 5.87. The molecule has 0 aliphatic heterocycles. The molecule has 1 aromatic rings. The van der Waals surface area contributed by atoms with E-state index in [1.54, 1.807) is 7.11 Å². The maximum absolute atomic E-state index is 5.87. The van der Waals surface area contributed by atoms with Crippen LogP contribution in [0.25, 0.3) is 0 Å². The molecule has 0 amide bonds. The van der Waals surface area contributed by atoms with Gasteiger partial charge in [0.15, 0.2) is 0 Å². The Balaban J connectivity index is 2.62. The first-order valence-corrected chi connectivity index (χ1v) is 5.40. The summed E-state index contributed by atoms with van der Waals surface area (Å²) in [6, 6.07) is 8.42. The molecule has 0 N–H and O–H groups in total. The predicted molar refractivity (Wildman–Crippen MR) is 61.0 cm³/mol. The first-order valence-electron chi connectivity index (χ1n) is 4.87. The fourth-order valence-corrected chi connectivity index (χ4v) is 1.74. The van der Waals surface area contributed by atoms with Gasteiger partial charge in [-0.2, -0.15) is 0 Å². The Hall–Kier alpha value is -0.530. The summed E-state index contributed by atoms with van der Waals surface area (Å²) in [5.41, 5.74) is 2.70. The van der Waals surface area contributed by atoms with E-state index in [0.717, 1.165) is 13.0 Å². The zero-order valence-corrected chi connectivity index (χ0v) is 9.55. The maximum atomic E-state index is 5.87. The van der Waals surface area contributed by atoms with Crippen LogP contribution in [0.5, 0.6) is 0 Å². The van der Waals surface area contributed by atoms with Crippen LogP contribution in [0.4, 0.5) is 0 Å². The molecule has 0 aliphatic carbocycles. The molecular weight excluding hydrogens is 196 g/mol. The average molecular weight is 213 g/mol. The van der Waals surface area contributed by atoms with Gasteiger partial charge in [-0.1, -0.05) is 24.3 Å². The van der Waals surface area contributed by atoms with Gasteiger partial charge in [0.2, 0.25) is 0 Å². The lowest BCUT2D eigenvalue weighted by Gasteiger charge is -2.14. The number of benzene rings is 1. The molecule has 1 rings (SSSR count). The first kappa shape index (κ1) is 11.5. The van der Waals surface area contributed by atoms with E-state index in [1.165, 1.54) is 11.1 Å². The monoisotopic (exact) mass is 212 g/mol. The van der Waals surface area contributed by atoms with Crippen LogP contribution < -0.4 is 0 Å². The zero-order chi connectivity index (χ0) is 10.4. The largest absolute Gasteiger partial charge is 0.384 e. The fourth-order valence-electron chi connectivity index (χ4n) is 1.54. The molecule has 0 radical (unpaired) electrons. The van der Waals surface area contributed by atoms with Crippen molar-refractivity contribution in [2.45, 2.75) is 13.3 Å². The SMILES string of the molecule is COCC(CCl)Cc1ccccc1C. The van der Waals surface area contributed by atoms with Crippen molar-refractivity contribution < 1.29 is 4.74 Å². The van der Waals surface area contributed by atoms with Gasteiger partial charge in [-0.3, -0.25) is 0 Å². The van der Waals surface area contributed by atoms with Crippen molar-refractivity contribution >= 4 is 11.6 Å². The lowest BCUT2D eigenvalue weighted by Crippen LogP contribution is -2.13. The molecule has 2 heteroatoms. The van der Waals surface area contributed by atoms with Crippen LogP contribution in [0, 0.1) is 12.8 Å². The Labute approximate surface area is 91.0 Å². The van der Waals surface area contributed by atoms with E-state index < -0.39 is 0 Å². The Kier molecular flexibility index (Phi) is 4.99. The molecule has 0 fully saturated rings. The van der Waals surface area contributed by atoms with Gasteiger partial charge >= 0.3 is 0 Å². The van der Waals surface area contributed by atoms with Gasteiger partial charge in [-0.05, 0) is 30.4 Å². The first-order chi connectivity index (χ1) is 6.77. The van der Waals surface area contributed by atoms with Crippen LogP contribution >= 0.6 is 11.6 Å². The molecule has 0 bridgehead atoms. The number of rotatable bonds is 5. The summed E-state index contributed by atoms with van der Waals surface area (Å²) in [6.45, 7) is 2.87. The van der Waals surface area contributed by atoms with E-state index in [0.29, 0.717) is 11.8 Å². The highest BCUT2D eigenvalue weighted by Crippen LogP contribution is 2.14. The number of hydrogen-bond donors (Lipinski definition) is 0. The Morgan fingerprint density at radius 3 is 2.64 bits per heavy atom. The van der Waals surface area contributed by atoms with E-state index in [9.17, 15) is 0 Å². The molecule has 78 valence electrons. The van der Waals surface area contributed by atoms with Crippen molar-refractivity contribution in [2.75, 3.05) is 19.6 Å². The van der Waals surface area contributed by atoms with Crippen LogP contribution in [-0.4, -0.2) is 19.6 Å². The number of hydrogen-bond acceptors (Lipinski definition) is 1. The minimum atomic E-state index is 0.419. The quantitative estimate of drug-likeness (QED) is 0.682. The molecule has 1 aromatic carbocycles. The topological polar surface area (TPSA) is 9.23 Å². The molecule has 14 heavy (non-hydrogen) atoms. The standard InChI is InChI=1S/C12H17ClO/c1-10-5-3-4-6-12(10)7-11(8-13)9-14-2/h3-6,11H,7-9H2,1-2H3. The molecule has 1 nitrogen and oxygen atoms in total.